The maximum atomic E-state index is 13.0. The highest BCUT2D eigenvalue weighted by Gasteiger charge is 2.14. The molecule has 138 valence electrons. The summed E-state index contributed by atoms with van der Waals surface area (Å²) < 4.78 is 23.0. The number of esters is 1. The number of rotatable bonds is 6. The molecule has 0 saturated carbocycles. The molecule has 0 atom stereocenters. The molecule has 0 spiro atoms. The van der Waals surface area contributed by atoms with Crippen LogP contribution < -0.4 is 5.32 Å². The van der Waals surface area contributed by atoms with Crippen molar-refractivity contribution in [1.29, 1.82) is 0 Å². The Kier molecular flexibility index (Phi) is 5.61. The molecule has 0 fully saturated rings. The maximum Gasteiger partial charge on any atom is 0.310 e. The average molecular weight is 368 g/mol. The van der Waals surface area contributed by atoms with Gasteiger partial charge in [0.25, 0.3) is 5.91 Å². The van der Waals surface area contributed by atoms with Gasteiger partial charge in [-0.3, -0.25) is 9.59 Å². The van der Waals surface area contributed by atoms with E-state index >= 15 is 0 Å². The van der Waals surface area contributed by atoms with Crippen molar-refractivity contribution in [3.8, 4) is 11.3 Å². The fourth-order valence-electron chi connectivity index (χ4n) is 2.41. The molecule has 3 aromatic rings. The van der Waals surface area contributed by atoms with E-state index in [0.717, 1.165) is 5.56 Å². The summed E-state index contributed by atoms with van der Waals surface area (Å²) in [6.45, 7) is 2.09. The van der Waals surface area contributed by atoms with Crippen LogP contribution >= 0.6 is 0 Å². The van der Waals surface area contributed by atoms with Gasteiger partial charge < -0.3 is 14.6 Å². The Hall–Kier alpha value is -3.48. The fourth-order valence-corrected chi connectivity index (χ4v) is 2.41. The zero-order chi connectivity index (χ0) is 19.2. The van der Waals surface area contributed by atoms with Crippen molar-refractivity contribution in [3.05, 3.63) is 71.7 Å². The number of anilines is 1. The second-order valence-electron chi connectivity index (χ2n) is 5.72. The van der Waals surface area contributed by atoms with Gasteiger partial charge in [-0.25, -0.2) is 4.39 Å². The lowest BCUT2D eigenvalue weighted by molar-refractivity contribution is -0.142. The van der Waals surface area contributed by atoms with Crippen LogP contribution in [0.1, 0.15) is 23.0 Å². The van der Waals surface area contributed by atoms with E-state index in [1.807, 2.05) is 0 Å². The van der Waals surface area contributed by atoms with E-state index in [0.29, 0.717) is 23.6 Å². The molecule has 7 heteroatoms. The number of hydrogen-bond acceptors (Lipinski definition) is 5. The van der Waals surface area contributed by atoms with Gasteiger partial charge in [0.1, 0.15) is 5.82 Å². The number of carbonyl (C=O) groups is 2. The van der Waals surface area contributed by atoms with Gasteiger partial charge in [-0.05, 0) is 48.9 Å². The number of hydrogen-bond donors (Lipinski definition) is 1. The van der Waals surface area contributed by atoms with Gasteiger partial charge in [0.2, 0.25) is 0 Å². The van der Waals surface area contributed by atoms with E-state index in [4.69, 9.17) is 9.26 Å². The first-order valence-corrected chi connectivity index (χ1v) is 8.33. The Balaban J connectivity index is 1.63. The molecule has 3 rings (SSSR count). The Morgan fingerprint density at radius 1 is 1.11 bits per heavy atom. The third kappa shape index (κ3) is 4.78. The van der Waals surface area contributed by atoms with Gasteiger partial charge in [0.15, 0.2) is 11.5 Å². The Morgan fingerprint density at radius 3 is 2.48 bits per heavy atom. The highest BCUT2D eigenvalue weighted by Crippen LogP contribution is 2.21. The molecule has 1 heterocycles. The predicted octanol–water partition coefficient (Wildman–Crippen LogP) is 3.84. The van der Waals surface area contributed by atoms with Crippen LogP contribution in [0.3, 0.4) is 0 Å². The number of nitrogens with one attached hydrogen (secondary N) is 1. The minimum Gasteiger partial charge on any atom is -0.466 e. The first kappa shape index (κ1) is 18.3. The van der Waals surface area contributed by atoms with Crippen molar-refractivity contribution in [2.45, 2.75) is 13.3 Å². The zero-order valence-corrected chi connectivity index (χ0v) is 14.6. The van der Waals surface area contributed by atoms with E-state index in [-0.39, 0.29) is 23.9 Å². The maximum absolute atomic E-state index is 13.0. The largest absolute Gasteiger partial charge is 0.466 e. The lowest BCUT2D eigenvalue weighted by Gasteiger charge is -2.05. The van der Waals surface area contributed by atoms with Crippen LogP contribution in [0.15, 0.2) is 59.1 Å². The molecule has 0 unspecified atom stereocenters. The summed E-state index contributed by atoms with van der Waals surface area (Å²) in [6.07, 6.45) is 0.173. The molecule has 2 aromatic carbocycles. The van der Waals surface area contributed by atoms with Crippen molar-refractivity contribution in [2.24, 2.45) is 0 Å². The normalized spacial score (nSPS) is 10.4. The summed E-state index contributed by atoms with van der Waals surface area (Å²) in [5.41, 5.74) is 2.06. The molecule has 0 aliphatic carbocycles. The summed E-state index contributed by atoms with van der Waals surface area (Å²) in [4.78, 5) is 23.8. The topological polar surface area (TPSA) is 81.4 Å². The number of carbonyl (C=O) groups excluding carboxylic acids is 2. The Labute approximate surface area is 154 Å². The minimum atomic E-state index is -0.440. The van der Waals surface area contributed by atoms with Crippen LogP contribution in [0, 0.1) is 5.82 Å². The predicted molar refractivity (Wildman–Crippen MR) is 96.6 cm³/mol. The number of amides is 1. The van der Waals surface area contributed by atoms with E-state index in [9.17, 15) is 14.0 Å². The zero-order valence-electron chi connectivity index (χ0n) is 14.6. The number of benzene rings is 2. The molecule has 1 N–H and O–H groups in total. The third-order valence-corrected chi connectivity index (χ3v) is 3.74. The van der Waals surface area contributed by atoms with Crippen molar-refractivity contribution in [3.63, 3.8) is 0 Å². The number of ether oxygens (including phenoxy) is 1. The van der Waals surface area contributed by atoms with Gasteiger partial charge in [0, 0.05) is 17.3 Å². The van der Waals surface area contributed by atoms with E-state index in [1.54, 1.807) is 43.3 Å². The summed E-state index contributed by atoms with van der Waals surface area (Å²) in [5, 5.41) is 6.45. The third-order valence-electron chi connectivity index (χ3n) is 3.74. The Bertz CT molecular complexity index is 933. The summed E-state index contributed by atoms with van der Waals surface area (Å²) in [7, 11) is 0. The molecular formula is C20H17FN2O4. The molecule has 1 amide bonds. The van der Waals surface area contributed by atoms with E-state index in [1.165, 1.54) is 18.2 Å². The van der Waals surface area contributed by atoms with Gasteiger partial charge in [-0.1, -0.05) is 17.3 Å². The highest BCUT2D eigenvalue weighted by atomic mass is 19.1. The molecule has 0 radical (unpaired) electrons. The smallest absolute Gasteiger partial charge is 0.310 e. The highest BCUT2D eigenvalue weighted by molar-refractivity contribution is 6.03. The second kappa shape index (κ2) is 8.27. The quantitative estimate of drug-likeness (QED) is 0.669. The van der Waals surface area contributed by atoms with E-state index in [2.05, 4.69) is 10.5 Å². The SMILES string of the molecule is CCOC(=O)Cc1ccc(NC(=O)c2cc(-c3ccc(F)cc3)on2)cc1. The summed E-state index contributed by atoms with van der Waals surface area (Å²) in [5.74, 6) is -0.733. The first-order chi connectivity index (χ1) is 13.0. The van der Waals surface area contributed by atoms with Gasteiger partial charge in [-0.15, -0.1) is 0 Å². The molecule has 1 aromatic heterocycles. The number of aromatic nitrogens is 1. The van der Waals surface area contributed by atoms with E-state index < -0.39 is 5.91 Å². The first-order valence-electron chi connectivity index (χ1n) is 8.33. The summed E-state index contributed by atoms with van der Waals surface area (Å²) in [6, 6.07) is 14.0. The molecule has 0 aliphatic heterocycles. The molecule has 0 saturated heterocycles. The van der Waals surface area contributed by atoms with Crippen molar-refractivity contribution >= 4 is 17.6 Å². The van der Waals surface area contributed by atoms with Crippen LogP contribution in [0.5, 0.6) is 0 Å². The lowest BCUT2D eigenvalue weighted by atomic mass is 10.1. The van der Waals surface area contributed by atoms with Crippen molar-refractivity contribution in [1.82, 2.24) is 5.16 Å². The second-order valence-corrected chi connectivity index (χ2v) is 5.72. The number of halogens is 1. The monoisotopic (exact) mass is 368 g/mol. The lowest BCUT2D eigenvalue weighted by Crippen LogP contribution is -2.12. The Morgan fingerprint density at radius 2 is 1.81 bits per heavy atom. The molecular weight excluding hydrogens is 351 g/mol. The van der Waals surface area contributed by atoms with Crippen LogP contribution in [-0.4, -0.2) is 23.6 Å². The molecule has 27 heavy (non-hydrogen) atoms. The van der Waals surface area contributed by atoms with Gasteiger partial charge in [-0.2, -0.15) is 0 Å². The van der Waals surface area contributed by atoms with Crippen LogP contribution in [0.25, 0.3) is 11.3 Å². The summed E-state index contributed by atoms with van der Waals surface area (Å²) >= 11 is 0. The van der Waals surface area contributed by atoms with Crippen molar-refractivity contribution in [2.75, 3.05) is 11.9 Å². The van der Waals surface area contributed by atoms with Gasteiger partial charge >= 0.3 is 5.97 Å². The molecule has 0 aliphatic rings. The minimum absolute atomic E-state index is 0.102. The van der Waals surface area contributed by atoms with Crippen molar-refractivity contribution < 1.29 is 23.2 Å². The van der Waals surface area contributed by atoms with Crippen LogP contribution in [-0.2, 0) is 16.0 Å². The van der Waals surface area contributed by atoms with Crippen LogP contribution in [0.2, 0.25) is 0 Å². The average Bonchev–Trinajstić information content (AvgIpc) is 3.14. The number of nitrogens with zero attached hydrogens (tertiary/aromatic N) is 1. The molecule has 0 bridgehead atoms. The standard InChI is InChI=1S/C20H17FN2O4/c1-2-26-19(24)11-13-3-9-16(10-4-13)22-20(25)17-12-18(27-23-17)14-5-7-15(21)8-6-14/h3-10,12H,2,11H2,1H3,(H,22,25). The van der Waals surface area contributed by atoms with Crippen LogP contribution in [0.4, 0.5) is 10.1 Å². The molecule has 6 nitrogen and oxygen atoms in total. The van der Waals surface area contributed by atoms with Gasteiger partial charge in [0.05, 0.1) is 13.0 Å². The fraction of sp³-hybridized carbons (Fsp3) is 0.150.